The van der Waals surface area contributed by atoms with Gasteiger partial charge in [0.25, 0.3) is 15.9 Å². The van der Waals surface area contributed by atoms with Crippen LogP contribution in [0.4, 0.5) is 5.69 Å². The predicted octanol–water partition coefficient (Wildman–Crippen LogP) is 4.19. The molecule has 4 rings (SSSR count). The Labute approximate surface area is 250 Å². The summed E-state index contributed by atoms with van der Waals surface area (Å²) in [6.07, 6.45) is -0.477. The van der Waals surface area contributed by atoms with Gasteiger partial charge in [-0.05, 0) is 68.1 Å². The normalized spacial score (nSPS) is 18.0. The van der Waals surface area contributed by atoms with Crippen LogP contribution >= 0.6 is 11.6 Å². The molecule has 0 spiro atoms. The molecule has 0 aliphatic carbocycles. The molecule has 0 aromatic heterocycles. The average molecular weight is 616 g/mol. The molecule has 12 heteroatoms. The van der Waals surface area contributed by atoms with Crippen molar-refractivity contribution in [3.8, 4) is 5.75 Å². The highest BCUT2D eigenvalue weighted by Crippen LogP contribution is 2.36. The fourth-order valence-corrected chi connectivity index (χ4v) is 5.98. The van der Waals surface area contributed by atoms with Crippen LogP contribution in [-0.2, 0) is 16.6 Å². The van der Waals surface area contributed by atoms with Gasteiger partial charge in [-0.3, -0.25) is 14.4 Å². The molecule has 1 aliphatic heterocycles. The van der Waals surface area contributed by atoms with Crippen molar-refractivity contribution in [3.63, 3.8) is 0 Å². The van der Waals surface area contributed by atoms with E-state index in [9.17, 15) is 28.2 Å². The molecule has 0 fully saturated rings. The molecule has 3 aromatic rings. The molecule has 3 N–H and O–H groups in total. The zero-order chi connectivity index (χ0) is 30.6. The zero-order valence-corrected chi connectivity index (χ0v) is 25.1. The second kappa shape index (κ2) is 13.1. The minimum atomic E-state index is -4.05. The van der Waals surface area contributed by atoms with Gasteiger partial charge in [0.05, 0.1) is 34.4 Å². The molecule has 0 saturated carbocycles. The van der Waals surface area contributed by atoms with Gasteiger partial charge < -0.3 is 19.8 Å². The number of carboxylic acid groups (broad SMARTS) is 1. The fraction of sp³-hybridized carbons (Fsp3) is 0.333. The van der Waals surface area contributed by atoms with E-state index in [1.807, 2.05) is 18.9 Å². The molecular formula is C30H34ClN3O7S. The summed E-state index contributed by atoms with van der Waals surface area (Å²) in [5, 5.41) is 19.5. The Hall–Kier alpha value is -3.64. The van der Waals surface area contributed by atoms with Crippen LogP contribution in [0.2, 0.25) is 5.02 Å². The summed E-state index contributed by atoms with van der Waals surface area (Å²) in [7, 11) is -2.15. The number of aliphatic hydroxyl groups excluding tert-OH is 1. The van der Waals surface area contributed by atoms with Crippen molar-refractivity contribution in [2.75, 3.05) is 31.5 Å². The number of halogens is 1. The number of aliphatic hydroxyl groups is 1. The van der Waals surface area contributed by atoms with Gasteiger partial charge in [0.2, 0.25) is 0 Å². The number of aromatic carboxylic acids is 1. The fourth-order valence-electron chi connectivity index (χ4n) is 4.80. The largest absolute Gasteiger partial charge is 0.486 e. The maximum absolute atomic E-state index is 13.7. The summed E-state index contributed by atoms with van der Waals surface area (Å²) < 4.78 is 35.6. The lowest BCUT2D eigenvalue weighted by Crippen LogP contribution is -2.49. The molecule has 0 saturated heterocycles. The van der Waals surface area contributed by atoms with Crippen molar-refractivity contribution < 1.29 is 33.0 Å². The third-order valence-corrected chi connectivity index (χ3v) is 8.84. The first-order valence-electron chi connectivity index (χ1n) is 13.4. The molecule has 224 valence electrons. The summed E-state index contributed by atoms with van der Waals surface area (Å²) in [4.78, 5) is 28.5. The van der Waals surface area contributed by atoms with Crippen LogP contribution in [0, 0.1) is 5.92 Å². The van der Waals surface area contributed by atoms with E-state index in [4.69, 9.17) is 16.3 Å². The molecular weight excluding hydrogens is 582 g/mol. The van der Waals surface area contributed by atoms with Crippen LogP contribution in [0.5, 0.6) is 5.75 Å². The SMILES string of the molecule is C[C@@H]1CN([C@H](C)CO)C(=O)c2cccc(NS(=O)(=O)c3ccc(Cl)cc3)c2O[C@H]1CN(C)Cc1ccc(C(=O)O)cc1. The Kier molecular flexibility index (Phi) is 9.78. The molecule has 1 aliphatic rings. The smallest absolute Gasteiger partial charge is 0.335 e. The number of carbonyl (C=O) groups excluding carboxylic acids is 1. The van der Waals surface area contributed by atoms with E-state index in [0.29, 0.717) is 24.7 Å². The van der Waals surface area contributed by atoms with Gasteiger partial charge in [-0.1, -0.05) is 36.7 Å². The number of hydrogen-bond acceptors (Lipinski definition) is 7. The van der Waals surface area contributed by atoms with Crippen molar-refractivity contribution in [2.24, 2.45) is 5.92 Å². The topological polar surface area (TPSA) is 136 Å². The molecule has 0 bridgehead atoms. The number of nitrogens with zero attached hydrogens (tertiary/aromatic N) is 2. The summed E-state index contributed by atoms with van der Waals surface area (Å²) in [5.74, 6) is -1.47. The molecule has 0 radical (unpaired) electrons. The molecule has 1 heterocycles. The highest BCUT2D eigenvalue weighted by atomic mass is 35.5. The minimum absolute atomic E-state index is 0.00392. The molecule has 1 amide bonds. The Morgan fingerprint density at radius 3 is 2.43 bits per heavy atom. The first-order valence-corrected chi connectivity index (χ1v) is 15.3. The number of rotatable bonds is 10. The minimum Gasteiger partial charge on any atom is -0.486 e. The van der Waals surface area contributed by atoms with Crippen LogP contribution in [0.1, 0.15) is 40.1 Å². The van der Waals surface area contributed by atoms with Crippen LogP contribution in [-0.4, -0.2) is 79.2 Å². The van der Waals surface area contributed by atoms with Gasteiger partial charge in [0.1, 0.15) is 6.10 Å². The molecule has 3 atom stereocenters. The number of carboxylic acids is 1. The summed E-state index contributed by atoms with van der Waals surface area (Å²) in [5.41, 5.74) is 1.39. The highest BCUT2D eigenvalue weighted by Gasteiger charge is 2.35. The van der Waals surface area contributed by atoms with Crippen molar-refractivity contribution in [1.29, 1.82) is 0 Å². The number of fused-ring (bicyclic) bond motifs is 1. The lowest BCUT2D eigenvalue weighted by atomic mass is 9.99. The van der Waals surface area contributed by atoms with Crippen LogP contribution < -0.4 is 9.46 Å². The number of para-hydroxylation sites is 1. The Morgan fingerprint density at radius 1 is 1.14 bits per heavy atom. The van der Waals surface area contributed by atoms with E-state index in [-0.39, 0.29) is 45.9 Å². The second-order valence-electron chi connectivity index (χ2n) is 10.6. The van der Waals surface area contributed by atoms with Crippen molar-refractivity contribution in [3.05, 3.63) is 88.4 Å². The zero-order valence-electron chi connectivity index (χ0n) is 23.5. The number of anilines is 1. The van der Waals surface area contributed by atoms with Crippen LogP contribution in [0.25, 0.3) is 0 Å². The summed E-state index contributed by atoms with van der Waals surface area (Å²) >= 11 is 5.94. The van der Waals surface area contributed by atoms with Gasteiger partial charge in [-0.15, -0.1) is 0 Å². The highest BCUT2D eigenvalue weighted by molar-refractivity contribution is 7.92. The van der Waals surface area contributed by atoms with Crippen molar-refractivity contribution in [2.45, 2.75) is 37.4 Å². The maximum atomic E-state index is 13.7. The Bertz CT molecular complexity index is 1530. The number of sulfonamides is 1. The first-order chi connectivity index (χ1) is 19.9. The molecule has 42 heavy (non-hydrogen) atoms. The third-order valence-electron chi connectivity index (χ3n) is 7.20. The van der Waals surface area contributed by atoms with Gasteiger partial charge in [0.15, 0.2) is 5.75 Å². The van der Waals surface area contributed by atoms with E-state index in [1.165, 1.54) is 30.3 Å². The van der Waals surface area contributed by atoms with Gasteiger partial charge in [-0.2, -0.15) is 0 Å². The molecule has 3 aromatic carbocycles. The molecule has 0 unspecified atom stereocenters. The molecule has 10 nitrogen and oxygen atoms in total. The van der Waals surface area contributed by atoms with Crippen molar-refractivity contribution >= 4 is 39.2 Å². The van der Waals surface area contributed by atoms with E-state index in [1.54, 1.807) is 48.2 Å². The van der Waals surface area contributed by atoms with E-state index in [0.717, 1.165) is 5.56 Å². The second-order valence-corrected chi connectivity index (χ2v) is 12.7. The first kappa shape index (κ1) is 31.3. The van der Waals surface area contributed by atoms with Crippen molar-refractivity contribution in [1.82, 2.24) is 9.80 Å². The number of amides is 1. The number of nitrogens with one attached hydrogen (secondary N) is 1. The number of ether oxygens (including phenoxy) is 1. The Balaban J connectivity index is 1.67. The Morgan fingerprint density at radius 2 is 1.81 bits per heavy atom. The van der Waals surface area contributed by atoms with Gasteiger partial charge in [-0.25, -0.2) is 13.2 Å². The monoisotopic (exact) mass is 615 g/mol. The van der Waals surface area contributed by atoms with Gasteiger partial charge in [0, 0.05) is 30.6 Å². The average Bonchev–Trinajstić information content (AvgIpc) is 2.95. The van der Waals surface area contributed by atoms with E-state index < -0.39 is 28.1 Å². The number of hydrogen-bond donors (Lipinski definition) is 3. The van der Waals surface area contributed by atoms with E-state index in [2.05, 4.69) is 4.72 Å². The number of benzene rings is 3. The predicted molar refractivity (Wildman–Crippen MR) is 160 cm³/mol. The summed E-state index contributed by atoms with van der Waals surface area (Å²) in [6, 6.07) is 16.5. The lowest BCUT2D eigenvalue weighted by Gasteiger charge is -2.38. The van der Waals surface area contributed by atoms with Crippen LogP contribution in [0.3, 0.4) is 0 Å². The van der Waals surface area contributed by atoms with Crippen LogP contribution in [0.15, 0.2) is 71.6 Å². The number of likely N-dealkylation sites (N-methyl/N-ethyl adjacent to an activating group) is 1. The van der Waals surface area contributed by atoms with Gasteiger partial charge >= 0.3 is 5.97 Å². The quantitative estimate of drug-likeness (QED) is 0.309. The summed E-state index contributed by atoms with van der Waals surface area (Å²) in [6.45, 7) is 4.67. The third kappa shape index (κ3) is 7.22. The maximum Gasteiger partial charge on any atom is 0.335 e. The number of carbonyl (C=O) groups is 2. The van der Waals surface area contributed by atoms with E-state index >= 15 is 0 Å². The lowest BCUT2D eigenvalue weighted by molar-refractivity contribution is 0.0343. The standard InChI is InChI=1S/C30H34ClN3O7S/c1-19-15-34(20(2)18-35)29(36)25-5-4-6-26(32-42(39,40)24-13-11-23(31)12-14-24)28(25)41-27(19)17-33(3)16-21-7-9-22(10-8-21)30(37)38/h4-14,19-20,27,32,35H,15-18H2,1-3H3,(H,37,38)/t19-,20-,27+/m1/s1.